The van der Waals surface area contributed by atoms with Crippen LogP contribution >= 0.6 is 11.6 Å². The van der Waals surface area contributed by atoms with Gasteiger partial charge in [-0.3, -0.25) is 19.5 Å². The first-order chi connectivity index (χ1) is 11.1. The summed E-state index contributed by atoms with van der Waals surface area (Å²) in [5, 5.41) is 11.2. The van der Waals surface area contributed by atoms with Crippen molar-refractivity contribution in [3.63, 3.8) is 0 Å². The molecule has 0 aliphatic rings. The normalized spacial score (nSPS) is 10.5. The predicted molar refractivity (Wildman–Crippen MR) is 85.5 cm³/mol. The van der Waals surface area contributed by atoms with Crippen LogP contribution in [-0.2, 0) is 0 Å². The van der Waals surface area contributed by atoms with E-state index < -0.39 is 10.8 Å². The summed E-state index contributed by atoms with van der Waals surface area (Å²) in [4.78, 5) is 27.5. The van der Waals surface area contributed by atoms with Crippen molar-refractivity contribution < 1.29 is 9.72 Å². The summed E-state index contributed by atoms with van der Waals surface area (Å²) in [6, 6.07) is 13.2. The lowest BCUT2D eigenvalue weighted by Crippen LogP contribution is -2.15. The summed E-state index contributed by atoms with van der Waals surface area (Å²) in [6.07, 6.45) is 2.92. The zero-order chi connectivity index (χ0) is 16.4. The fourth-order valence-corrected chi connectivity index (χ4v) is 2.52. The van der Waals surface area contributed by atoms with Gasteiger partial charge in [0, 0.05) is 24.0 Å². The number of nitrogens with zero attached hydrogens (tertiary/aromatic N) is 3. The highest BCUT2D eigenvalue weighted by Gasteiger charge is 2.26. The van der Waals surface area contributed by atoms with Gasteiger partial charge in [0.1, 0.15) is 11.4 Å². The second kappa shape index (κ2) is 6.02. The van der Waals surface area contributed by atoms with Crippen LogP contribution in [0, 0.1) is 10.1 Å². The molecule has 114 valence electrons. The Morgan fingerprint density at radius 3 is 2.57 bits per heavy atom. The van der Waals surface area contributed by atoms with Crippen molar-refractivity contribution in [2.75, 3.05) is 0 Å². The van der Waals surface area contributed by atoms with Crippen LogP contribution in [0.1, 0.15) is 10.4 Å². The molecule has 1 aromatic heterocycles. The van der Waals surface area contributed by atoms with E-state index >= 15 is 0 Å². The largest absolute Gasteiger partial charge is 0.283 e. The van der Waals surface area contributed by atoms with E-state index in [0.717, 1.165) is 5.56 Å². The molecule has 23 heavy (non-hydrogen) atoms. The van der Waals surface area contributed by atoms with Crippen LogP contribution in [0.5, 0.6) is 0 Å². The van der Waals surface area contributed by atoms with Crippen molar-refractivity contribution in [2.24, 2.45) is 0 Å². The van der Waals surface area contributed by atoms with E-state index in [2.05, 4.69) is 4.98 Å². The molecule has 0 spiro atoms. The lowest BCUT2D eigenvalue weighted by molar-refractivity contribution is -0.385. The Labute approximate surface area is 136 Å². The van der Waals surface area contributed by atoms with Crippen molar-refractivity contribution in [3.05, 3.63) is 81.6 Å². The number of hydrogen-bond donors (Lipinski definition) is 0. The molecule has 0 aliphatic carbocycles. The predicted octanol–water partition coefficient (Wildman–Crippen LogP) is 3.80. The van der Waals surface area contributed by atoms with Gasteiger partial charge in [-0.05, 0) is 6.07 Å². The molecule has 0 atom stereocenters. The Hall–Kier alpha value is -2.99. The third kappa shape index (κ3) is 2.72. The summed E-state index contributed by atoms with van der Waals surface area (Å²) in [5.41, 5.74) is 0.227. The van der Waals surface area contributed by atoms with Crippen LogP contribution in [0.2, 0.25) is 5.02 Å². The molecule has 2 aromatic carbocycles. The van der Waals surface area contributed by atoms with Gasteiger partial charge in [-0.25, -0.2) is 4.98 Å². The SMILES string of the molecule is O=C(c1c(Cl)cccc1[N+](=O)[O-])n1ccnc1-c1ccccc1. The average molecular weight is 328 g/mol. The van der Waals surface area contributed by atoms with E-state index in [9.17, 15) is 14.9 Å². The molecule has 0 bridgehead atoms. The van der Waals surface area contributed by atoms with E-state index in [1.54, 1.807) is 12.1 Å². The van der Waals surface area contributed by atoms with Gasteiger partial charge in [-0.2, -0.15) is 0 Å². The quantitative estimate of drug-likeness (QED) is 0.541. The van der Waals surface area contributed by atoms with E-state index in [1.165, 1.54) is 35.2 Å². The van der Waals surface area contributed by atoms with Gasteiger partial charge >= 0.3 is 0 Å². The number of carbonyl (C=O) groups is 1. The molecule has 0 fully saturated rings. The molecule has 3 rings (SSSR count). The number of imidazole rings is 1. The van der Waals surface area contributed by atoms with Gasteiger partial charge in [0.05, 0.1) is 9.95 Å². The minimum absolute atomic E-state index is 0.0249. The monoisotopic (exact) mass is 327 g/mol. The topological polar surface area (TPSA) is 78.0 Å². The molecule has 0 saturated carbocycles. The summed E-state index contributed by atoms with van der Waals surface area (Å²) in [7, 11) is 0. The minimum Gasteiger partial charge on any atom is -0.268 e. The van der Waals surface area contributed by atoms with E-state index in [0.29, 0.717) is 5.82 Å². The zero-order valence-corrected chi connectivity index (χ0v) is 12.5. The maximum Gasteiger partial charge on any atom is 0.283 e. The lowest BCUT2D eigenvalue weighted by Gasteiger charge is -2.08. The molecule has 3 aromatic rings. The van der Waals surface area contributed by atoms with Crippen LogP contribution < -0.4 is 0 Å². The van der Waals surface area contributed by atoms with Gasteiger partial charge in [0.15, 0.2) is 0 Å². The maximum atomic E-state index is 12.8. The number of carbonyl (C=O) groups excluding carboxylic acids is 1. The molecular formula is C16H10ClN3O3. The van der Waals surface area contributed by atoms with E-state index in [-0.39, 0.29) is 16.3 Å². The molecule has 0 unspecified atom stereocenters. The number of halogens is 1. The maximum absolute atomic E-state index is 12.8. The molecule has 0 radical (unpaired) electrons. The Bertz CT molecular complexity index is 891. The highest BCUT2D eigenvalue weighted by atomic mass is 35.5. The molecule has 0 saturated heterocycles. The highest BCUT2D eigenvalue weighted by molar-refractivity contribution is 6.34. The van der Waals surface area contributed by atoms with Crippen LogP contribution in [-0.4, -0.2) is 20.4 Å². The van der Waals surface area contributed by atoms with Gasteiger partial charge in [-0.15, -0.1) is 0 Å². The van der Waals surface area contributed by atoms with E-state index in [1.807, 2.05) is 18.2 Å². The molecule has 7 heteroatoms. The smallest absolute Gasteiger partial charge is 0.268 e. The average Bonchev–Trinajstić information content (AvgIpc) is 3.04. The van der Waals surface area contributed by atoms with Crippen molar-refractivity contribution in [1.29, 1.82) is 0 Å². The van der Waals surface area contributed by atoms with Crippen molar-refractivity contribution in [2.45, 2.75) is 0 Å². The number of nitro groups is 1. The second-order valence-electron chi connectivity index (χ2n) is 4.68. The van der Waals surface area contributed by atoms with E-state index in [4.69, 9.17) is 11.6 Å². The zero-order valence-electron chi connectivity index (χ0n) is 11.7. The number of hydrogen-bond acceptors (Lipinski definition) is 4. The summed E-state index contributed by atoms with van der Waals surface area (Å²) >= 11 is 6.02. The first-order valence-corrected chi connectivity index (χ1v) is 7.04. The number of benzene rings is 2. The van der Waals surface area contributed by atoms with Gasteiger partial charge in [-0.1, -0.05) is 48.0 Å². The standard InChI is InChI=1S/C16H10ClN3O3/c17-12-7-4-8-13(20(22)23)14(12)16(21)19-10-9-18-15(19)11-5-2-1-3-6-11/h1-10H. The molecule has 0 amide bonds. The minimum atomic E-state index is -0.627. The first-order valence-electron chi connectivity index (χ1n) is 6.66. The fraction of sp³-hybridized carbons (Fsp3) is 0. The lowest BCUT2D eigenvalue weighted by atomic mass is 10.1. The molecule has 0 N–H and O–H groups in total. The van der Waals surface area contributed by atoms with Crippen LogP contribution in [0.15, 0.2) is 60.9 Å². The first kappa shape index (κ1) is 14.9. The van der Waals surface area contributed by atoms with Crippen molar-refractivity contribution in [3.8, 4) is 11.4 Å². The molecule has 0 aliphatic heterocycles. The third-order valence-corrected chi connectivity index (χ3v) is 3.61. The summed E-state index contributed by atoms with van der Waals surface area (Å²) < 4.78 is 1.25. The number of rotatable bonds is 3. The van der Waals surface area contributed by atoms with Crippen LogP contribution in [0.4, 0.5) is 5.69 Å². The van der Waals surface area contributed by atoms with Gasteiger partial charge < -0.3 is 0 Å². The summed E-state index contributed by atoms with van der Waals surface area (Å²) in [5.74, 6) is -0.205. The Morgan fingerprint density at radius 1 is 1.13 bits per heavy atom. The van der Waals surface area contributed by atoms with Crippen molar-refractivity contribution >= 4 is 23.2 Å². The van der Waals surface area contributed by atoms with Crippen LogP contribution in [0.25, 0.3) is 11.4 Å². The molecule has 1 heterocycles. The number of aromatic nitrogens is 2. The third-order valence-electron chi connectivity index (χ3n) is 3.29. The van der Waals surface area contributed by atoms with Crippen molar-refractivity contribution in [1.82, 2.24) is 9.55 Å². The van der Waals surface area contributed by atoms with Gasteiger partial charge in [0.25, 0.3) is 11.6 Å². The number of nitro benzene ring substituents is 1. The highest BCUT2D eigenvalue weighted by Crippen LogP contribution is 2.28. The Balaban J connectivity index is 2.14. The van der Waals surface area contributed by atoms with Gasteiger partial charge in [0.2, 0.25) is 0 Å². The van der Waals surface area contributed by atoms with Crippen LogP contribution in [0.3, 0.4) is 0 Å². The molecule has 6 nitrogen and oxygen atoms in total. The molecular weight excluding hydrogens is 318 g/mol. The Morgan fingerprint density at radius 2 is 1.87 bits per heavy atom. The Kier molecular flexibility index (Phi) is 3.91. The fourth-order valence-electron chi connectivity index (χ4n) is 2.27. The summed E-state index contributed by atoms with van der Waals surface area (Å²) in [6.45, 7) is 0. The second-order valence-corrected chi connectivity index (χ2v) is 5.09.